The van der Waals surface area contributed by atoms with E-state index in [1.54, 1.807) is 11.3 Å². The van der Waals surface area contributed by atoms with E-state index >= 15 is 0 Å². The normalized spacial score (nSPS) is 10.2. The molecule has 1 aromatic carbocycles. The summed E-state index contributed by atoms with van der Waals surface area (Å²) in [5.74, 6) is -0.0302. The molecule has 0 saturated heterocycles. The van der Waals surface area contributed by atoms with Gasteiger partial charge in [0, 0.05) is 24.3 Å². The van der Waals surface area contributed by atoms with Crippen LogP contribution in [0.2, 0.25) is 0 Å². The quantitative estimate of drug-likeness (QED) is 0.877. The van der Waals surface area contributed by atoms with E-state index in [0.717, 1.165) is 23.4 Å². The Morgan fingerprint density at radius 1 is 1.32 bits per heavy atom. The summed E-state index contributed by atoms with van der Waals surface area (Å²) in [4.78, 5) is 12.0. The fourth-order valence-electron chi connectivity index (χ4n) is 1.87. The first-order valence-electron chi connectivity index (χ1n) is 6.34. The van der Waals surface area contributed by atoms with E-state index in [4.69, 9.17) is 0 Å². The minimum atomic E-state index is -0.0302. The van der Waals surface area contributed by atoms with Crippen molar-refractivity contribution in [1.29, 1.82) is 0 Å². The van der Waals surface area contributed by atoms with Gasteiger partial charge in [-0.25, -0.2) is 0 Å². The van der Waals surface area contributed by atoms with Gasteiger partial charge in [-0.05, 0) is 60.0 Å². The maximum Gasteiger partial charge on any atom is 0.251 e. The van der Waals surface area contributed by atoms with Crippen molar-refractivity contribution in [2.75, 3.05) is 11.9 Å². The molecule has 19 heavy (non-hydrogen) atoms. The molecule has 0 saturated carbocycles. The summed E-state index contributed by atoms with van der Waals surface area (Å²) in [5, 5.41) is 10.2. The molecule has 1 amide bonds. The summed E-state index contributed by atoms with van der Waals surface area (Å²) in [6.45, 7) is 5.52. The first-order chi connectivity index (χ1) is 9.20. The van der Waals surface area contributed by atoms with Crippen LogP contribution >= 0.6 is 11.3 Å². The Balaban J connectivity index is 2.01. The third-order valence-electron chi connectivity index (χ3n) is 2.89. The molecule has 1 heterocycles. The second-order valence-electron chi connectivity index (χ2n) is 4.37. The zero-order valence-electron chi connectivity index (χ0n) is 11.2. The van der Waals surface area contributed by atoms with Gasteiger partial charge in [0.05, 0.1) is 0 Å². The number of hydrogen-bond donors (Lipinski definition) is 2. The lowest BCUT2D eigenvalue weighted by atomic mass is 10.1. The van der Waals surface area contributed by atoms with Crippen LogP contribution in [-0.4, -0.2) is 12.5 Å². The molecule has 1 aromatic heterocycles. The Labute approximate surface area is 117 Å². The molecule has 2 aromatic rings. The third kappa shape index (κ3) is 3.58. The minimum Gasteiger partial charge on any atom is -0.385 e. The van der Waals surface area contributed by atoms with Crippen molar-refractivity contribution in [3.63, 3.8) is 0 Å². The van der Waals surface area contributed by atoms with Gasteiger partial charge in [-0.1, -0.05) is 0 Å². The molecule has 0 bridgehead atoms. The Kier molecular flexibility index (Phi) is 4.58. The molecule has 0 fully saturated rings. The van der Waals surface area contributed by atoms with Crippen LogP contribution in [0.25, 0.3) is 0 Å². The van der Waals surface area contributed by atoms with Gasteiger partial charge >= 0.3 is 0 Å². The van der Waals surface area contributed by atoms with E-state index in [1.165, 1.54) is 0 Å². The van der Waals surface area contributed by atoms with Gasteiger partial charge in [-0.3, -0.25) is 4.79 Å². The van der Waals surface area contributed by atoms with E-state index in [2.05, 4.69) is 17.6 Å². The van der Waals surface area contributed by atoms with Crippen LogP contribution < -0.4 is 10.6 Å². The maximum absolute atomic E-state index is 12.0. The first kappa shape index (κ1) is 13.6. The van der Waals surface area contributed by atoms with Crippen LogP contribution in [0.15, 0.2) is 35.0 Å². The van der Waals surface area contributed by atoms with E-state index < -0.39 is 0 Å². The summed E-state index contributed by atoms with van der Waals surface area (Å²) in [6.07, 6.45) is 0. The van der Waals surface area contributed by atoms with E-state index in [0.29, 0.717) is 12.1 Å². The predicted octanol–water partition coefficient (Wildman–Crippen LogP) is 3.42. The minimum absolute atomic E-state index is 0.0302. The molecule has 0 radical (unpaired) electrons. The zero-order valence-corrected chi connectivity index (χ0v) is 12.0. The zero-order chi connectivity index (χ0) is 13.7. The maximum atomic E-state index is 12.0. The van der Waals surface area contributed by atoms with Crippen LogP contribution in [0, 0.1) is 6.92 Å². The summed E-state index contributed by atoms with van der Waals surface area (Å²) in [7, 11) is 0. The molecule has 0 spiro atoms. The van der Waals surface area contributed by atoms with Gasteiger partial charge < -0.3 is 10.6 Å². The van der Waals surface area contributed by atoms with Crippen molar-refractivity contribution in [1.82, 2.24) is 5.32 Å². The molecule has 0 atom stereocenters. The summed E-state index contributed by atoms with van der Waals surface area (Å²) in [5.41, 5.74) is 4.01. The molecule has 3 nitrogen and oxygen atoms in total. The highest BCUT2D eigenvalue weighted by molar-refractivity contribution is 7.07. The number of rotatable bonds is 5. The molecular weight excluding hydrogens is 256 g/mol. The van der Waals surface area contributed by atoms with Crippen molar-refractivity contribution < 1.29 is 4.79 Å². The van der Waals surface area contributed by atoms with Crippen molar-refractivity contribution in [3.8, 4) is 0 Å². The number of nitrogens with one attached hydrogen (secondary N) is 2. The van der Waals surface area contributed by atoms with Gasteiger partial charge in [-0.2, -0.15) is 11.3 Å². The smallest absolute Gasteiger partial charge is 0.251 e. The monoisotopic (exact) mass is 274 g/mol. The van der Waals surface area contributed by atoms with E-state index in [-0.39, 0.29) is 5.91 Å². The van der Waals surface area contributed by atoms with E-state index in [1.807, 2.05) is 41.9 Å². The lowest BCUT2D eigenvalue weighted by Gasteiger charge is -2.09. The van der Waals surface area contributed by atoms with Gasteiger partial charge in [0.15, 0.2) is 0 Å². The fraction of sp³-hybridized carbons (Fsp3) is 0.267. The highest BCUT2D eigenvalue weighted by Crippen LogP contribution is 2.16. The molecule has 0 aliphatic heterocycles. The lowest BCUT2D eigenvalue weighted by molar-refractivity contribution is 0.0951. The van der Waals surface area contributed by atoms with Crippen LogP contribution in [0.1, 0.15) is 28.4 Å². The number of carbonyl (C=O) groups excluding carboxylic acids is 1. The van der Waals surface area contributed by atoms with Crippen LogP contribution in [0.3, 0.4) is 0 Å². The Hall–Kier alpha value is -1.81. The third-order valence-corrected chi connectivity index (χ3v) is 3.62. The van der Waals surface area contributed by atoms with Gasteiger partial charge in [0.25, 0.3) is 5.91 Å². The molecule has 0 aliphatic carbocycles. The summed E-state index contributed by atoms with van der Waals surface area (Å²) >= 11 is 1.64. The Bertz CT molecular complexity index is 549. The second kappa shape index (κ2) is 6.38. The number of hydrogen-bond acceptors (Lipinski definition) is 3. The molecule has 0 unspecified atom stereocenters. The molecule has 2 N–H and O–H groups in total. The predicted molar refractivity (Wildman–Crippen MR) is 80.8 cm³/mol. The first-order valence-corrected chi connectivity index (χ1v) is 7.28. The number of anilines is 1. The number of amides is 1. The fourth-order valence-corrected chi connectivity index (χ4v) is 2.54. The second-order valence-corrected chi connectivity index (χ2v) is 5.15. The molecule has 0 aliphatic rings. The number of carbonyl (C=O) groups is 1. The molecule has 100 valence electrons. The van der Waals surface area contributed by atoms with Crippen LogP contribution in [-0.2, 0) is 6.54 Å². The van der Waals surface area contributed by atoms with Crippen molar-refractivity contribution in [3.05, 3.63) is 51.7 Å². The molecule has 2 rings (SSSR count). The van der Waals surface area contributed by atoms with Gasteiger partial charge in [0.1, 0.15) is 0 Å². The SMILES string of the molecule is CCNc1ccc(C(=O)NCc2ccsc2)cc1C. The topological polar surface area (TPSA) is 41.1 Å². The Morgan fingerprint density at radius 3 is 2.79 bits per heavy atom. The summed E-state index contributed by atoms with van der Waals surface area (Å²) in [6, 6.07) is 7.75. The summed E-state index contributed by atoms with van der Waals surface area (Å²) < 4.78 is 0. The average Bonchev–Trinajstić information content (AvgIpc) is 2.91. The number of aryl methyl sites for hydroxylation is 1. The van der Waals surface area contributed by atoms with E-state index in [9.17, 15) is 4.79 Å². The standard InChI is InChI=1S/C15H18N2OS/c1-3-16-14-5-4-13(8-11(14)2)15(18)17-9-12-6-7-19-10-12/h4-8,10,16H,3,9H2,1-2H3,(H,17,18). The van der Waals surface area contributed by atoms with Crippen LogP contribution in [0.5, 0.6) is 0 Å². The lowest BCUT2D eigenvalue weighted by Crippen LogP contribution is -2.22. The highest BCUT2D eigenvalue weighted by atomic mass is 32.1. The molecular formula is C15H18N2OS. The number of benzene rings is 1. The largest absolute Gasteiger partial charge is 0.385 e. The van der Waals surface area contributed by atoms with Crippen molar-refractivity contribution in [2.45, 2.75) is 20.4 Å². The average molecular weight is 274 g/mol. The van der Waals surface area contributed by atoms with Crippen LogP contribution in [0.4, 0.5) is 5.69 Å². The Morgan fingerprint density at radius 2 is 2.16 bits per heavy atom. The molecule has 4 heteroatoms. The number of thiophene rings is 1. The highest BCUT2D eigenvalue weighted by Gasteiger charge is 2.07. The van der Waals surface area contributed by atoms with Crippen molar-refractivity contribution in [2.24, 2.45) is 0 Å². The van der Waals surface area contributed by atoms with Gasteiger partial charge in [-0.15, -0.1) is 0 Å². The van der Waals surface area contributed by atoms with Gasteiger partial charge in [0.2, 0.25) is 0 Å². The van der Waals surface area contributed by atoms with Crippen molar-refractivity contribution >= 4 is 22.9 Å².